The van der Waals surface area contributed by atoms with Crippen LogP contribution in [0.25, 0.3) is 10.9 Å². The van der Waals surface area contributed by atoms with Crippen molar-refractivity contribution in [3.8, 4) is 0 Å². The number of hydrogen-bond acceptors (Lipinski definition) is 2. The van der Waals surface area contributed by atoms with Crippen molar-refractivity contribution in [1.82, 2.24) is 15.2 Å². The molecule has 1 fully saturated rings. The van der Waals surface area contributed by atoms with Crippen molar-refractivity contribution in [3.63, 3.8) is 0 Å². The molecule has 1 aliphatic heterocycles. The number of rotatable bonds is 6. The van der Waals surface area contributed by atoms with Gasteiger partial charge >= 0.3 is 0 Å². The zero-order valence-corrected chi connectivity index (χ0v) is 16.6. The summed E-state index contributed by atoms with van der Waals surface area (Å²) in [5.74, 6) is -0.0937. The number of aryl methyl sites for hydroxylation is 1. The number of amides is 2. The summed E-state index contributed by atoms with van der Waals surface area (Å²) in [7, 11) is 0. The minimum Gasteiger partial charge on any atom is -0.356 e. The van der Waals surface area contributed by atoms with Crippen molar-refractivity contribution in [2.24, 2.45) is 5.92 Å². The Labute approximate surface area is 171 Å². The minimum atomic E-state index is -0.131. The predicted octanol–water partition coefficient (Wildman–Crippen LogP) is 3.77. The maximum atomic E-state index is 12.9. The zero-order valence-electron chi connectivity index (χ0n) is 16.6. The molecule has 0 saturated carbocycles. The Morgan fingerprint density at radius 3 is 2.69 bits per heavy atom. The molecule has 0 spiro atoms. The summed E-state index contributed by atoms with van der Waals surface area (Å²) >= 11 is 0. The highest BCUT2D eigenvalue weighted by molar-refractivity contribution is 5.98. The van der Waals surface area contributed by atoms with Gasteiger partial charge < -0.3 is 15.2 Å². The van der Waals surface area contributed by atoms with Crippen LogP contribution >= 0.6 is 0 Å². The van der Waals surface area contributed by atoms with Gasteiger partial charge in [-0.3, -0.25) is 9.59 Å². The summed E-state index contributed by atoms with van der Waals surface area (Å²) in [6, 6.07) is 20.1. The summed E-state index contributed by atoms with van der Waals surface area (Å²) < 4.78 is 0. The molecule has 2 heterocycles. The fraction of sp³-hybridized carbons (Fsp3) is 0.333. The van der Waals surface area contributed by atoms with Crippen LogP contribution in [0.2, 0.25) is 0 Å². The second kappa shape index (κ2) is 8.95. The Balaban J connectivity index is 1.29. The summed E-state index contributed by atoms with van der Waals surface area (Å²) in [6.45, 7) is 1.85. The third-order valence-corrected chi connectivity index (χ3v) is 5.62. The van der Waals surface area contributed by atoms with E-state index in [0.717, 1.165) is 36.6 Å². The first kappa shape index (κ1) is 19.2. The fourth-order valence-electron chi connectivity index (χ4n) is 4.03. The number of aromatic nitrogens is 1. The number of likely N-dealkylation sites (tertiary alicyclic amines) is 1. The van der Waals surface area contributed by atoms with Gasteiger partial charge in [0.05, 0.1) is 5.92 Å². The van der Waals surface area contributed by atoms with Crippen molar-refractivity contribution in [2.45, 2.75) is 25.7 Å². The van der Waals surface area contributed by atoms with Crippen LogP contribution in [-0.2, 0) is 11.2 Å². The number of nitrogens with one attached hydrogen (secondary N) is 2. The van der Waals surface area contributed by atoms with Crippen LogP contribution in [0.1, 0.15) is 35.3 Å². The quantitative estimate of drug-likeness (QED) is 0.630. The van der Waals surface area contributed by atoms with Gasteiger partial charge in [-0.2, -0.15) is 0 Å². The fourth-order valence-corrected chi connectivity index (χ4v) is 4.03. The largest absolute Gasteiger partial charge is 0.356 e. The number of carbonyl (C=O) groups is 2. The molecule has 2 N–H and O–H groups in total. The molecule has 2 aromatic carbocycles. The third-order valence-electron chi connectivity index (χ3n) is 5.62. The lowest BCUT2D eigenvalue weighted by atomic mass is 9.96. The molecule has 150 valence electrons. The minimum absolute atomic E-state index is 0.0252. The molecule has 29 heavy (non-hydrogen) atoms. The molecular formula is C24H27N3O2. The maximum absolute atomic E-state index is 12.9. The van der Waals surface area contributed by atoms with Crippen LogP contribution in [0.4, 0.5) is 0 Å². The monoisotopic (exact) mass is 389 g/mol. The lowest BCUT2D eigenvalue weighted by molar-refractivity contribution is -0.126. The molecule has 0 unspecified atom stereocenters. The molecule has 4 rings (SSSR count). The second-order valence-corrected chi connectivity index (χ2v) is 7.74. The van der Waals surface area contributed by atoms with Gasteiger partial charge in [0.25, 0.3) is 5.91 Å². The number of carbonyl (C=O) groups excluding carboxylic acids is 2. The SMILES string of the molecule is O=C(NCCCc1ccccc1)[C@H]1CCCN(C(=O)c2cc3ccccc3[nH]2)C1. The Kier molecular flexibility index (Phi) is 5.94. The van der Waals surface area contributed by atoms with Crippen LogP contribution in [0.5, 0.6) is 0 Å². The van der Waals surface area contributed by atoms with E-state index in [9.17, 15) is 9.59 Å². The number of H-pyrrole nitrogens is 1. The first-order valence-electron chi connectivity index (χ1n) is 10.4. The smallest absolute Gasteiger partial charge is 0.270 e. The Morgan fingerprint density at radius 2 is 1.86 bits per heavy atom. The summed E-state index contributed by atoms with van der Waals surface area (Å²) in [5, 5.41) is 4.09. The van der Waals surface area contributed by atoms with E-state index in [2.05, 4.69) is 22.4 Å². The number of piperidine rings is 1. The molecule has 5 nitrogen and oxygen atoms in total. The molecular weight excluding hydrogens is 362 g/mol. The number of aromatic amines is 1. The molecule has 0 radical (unpaired) electrons. The number of benzene rings is 2. The lowest BCUT2D eigenvalue weighted by Crippen LogP contribution is -2.45. The van der Waals surface area contributed by atoms with Crippen molar-refractivity contribution in [3.05, 3.63) is 71.9 Å². The second-order valence-electron chi connectivity index (χ2n) is 7.74. The molecule has 0 bridgehead atoms. The van der Waals surface area contributed by atoms with Gasteiger partial charge in [0.2, 0.25) is 5.91 Å². The van der Waals surface area contributed by atoms with E-state index in [0.29, 0.717) is 25.3 Å². The van der Waals surface area contributed by atoms with Gasteiger partial charge in [0.1, 0.15) is 5.69 Å². The van der Waals surface area contributed by atoms with Gasteiger partial charge in [-0.15, -0.1) is 0 Å². The number of fused-ring (bicyclic) bond motifs is 1. The molecule has 1 aliphatic rings. The van der Waals surface area contributed by atoms with Crippen molar-refractivity contribution >= 4 is 22.7 Å². The third kappa shape index (κ3) is 4.67. The van der Waals surface area contributed by atoms with E-state index in [1.54, 1.807) is 0 Å². The van der Waals surface area contributed by atoms with Gasteiger partial charge in [0.15, 0.2) is 0 Å². The van der Waals surface area contributed by atoms with Crippen LogP contribution in [-0.4, -0.2) is 41.3 Å². The highest BCUT2D eigenvalue weighted by atomic mass is 16.2. The highest BCUT2D eigenvalue weighted by Crippen LogP contribution is 2.21. The maximum Gasteiger partial charge on any atom is 0.270 e. The summed E-state index contributed by atoms with van der Waals surface area (Å²) in [4.78, 5) is 30.5. The Morgan fingerprint density at radius 1 is 1.07 bits per heavy atom. The van der Waals surface area contributed by atoms with E-state index in [4.69, 9.17) is 0 Å². The van der Waals surface area contributed by atoms with E-state index in [1.807, 2.05) is 53.4 Å². The summed E-state index contributed by atoms with van der Waals surface area (Å²) in [6.07, 6.45) is 3.56. The Bertz CT molecular complexity index is 947. The molecule has 1 saturated heterocycles. The van der Waals surface area contributed by atoms with Gasteiger partial charge in [0, 0.05) is 30.5 Å². The highest BCUT2D eigenvalue weighted by Gasteiger charge is 2.29. The normalized spacial score (nSPS) is 16.7. The first-order chi connectivity index (χ1) is 14.2. The average Bonchev–Trinajstić information content (AvgIpc) is 3.21. The van der Waals surface area contributed by atoms with Crippen molar-refractivity contribution in [2.75, 3.05) is 19.6 Å². The number of hydrogen-bond donors (Lipinski definition) is 2. The van der Waals surface area contributed by atoms with E-state index in [-0.39, 0.29) is 17.7 Å². The van der Waals surface area contributed by atoms with Crippen LogP contribution < -0.4 is 5.32 Å². The molecule has 5 heteroatoms. The average molecular weight is 389 g/mol. The van der Waals surface area contributed by atoms with Crippen molar-refractivity contribution < 1.29 is 9.59 Å². The van der Waals surface area contributed by atoms with Gasteiger partial charge in [-0.25, -0.2) is 0 Å². The van der Waals surface area contributed by atoms with Crippen molar-refractivity contribution in [1.29, 1.82) is 0 Å². The van der Waals surface area contributed by atoms with E-state index < -0.39 is 0 Å². The predicted molar refractivity (Wildman–Crippen MR) is 115 cm³/mol. The van der Waals surface area contributed by atoms with Crippen LogP contribution in [0.3, 0.4) is 0 Å². The molecule has 1 atom stereocenters. The lowest BCUT2D eigenvalue weighted by Gasteiger charge is -2.31. The summed E-state index contributed by atoms with van der Waals surface area (Å²) in [5.41, 5.74) is 2.84. The first-order valence-corrected chi connectivity index (χ1v) is 10.4. The Hall–Kier alpha value is -3.08. The topological polar surface area (TPSA) is 65.2 Å². The zero-order chi connectivity index (χ0) is 20.1. The molecule has 1 aromatic heterocycles. The van der Waals surface area contributed by atoms with Gasteiger partial charge in [-0.05, 0) is 43.4 Å². The van der Waals surface area contributed by atoms with Gasteiger partial charge in [-0.1, -0.05) is 48.5 Å². The van der Waals surface area contributed by atoms with Crippen LogP contribution in [0.15, 0.2) is 60.7 Å². The van der Waals surface area contributed by atoms with E-state index in [1.165, 1.54) is 5.56 Å². The van der Waals surface area contributed by atoms with E-state index >= 15 is 0 Å². The molecule has 0 aliphatic carbocycles. The van der Waals surface area contributed by atoms with Crippen LogP contribution in [0, 0.1) is 5.92 Å². The number of para-hydroxylation sites is 1. The molecule has 2 amide bonds. The molecule has 3 aromatic rings. The number of nitrogens with zero attached hydrogens (tertiary/aromatic N) is 1. The standard InChI is InChI=1S/C24H27N3O2/c28-23(25-14-6-10-18-8-2-1-3-9-18)20-12-7-15-27(17-20)24(29)22-16-19-11-4-5-13-21(19)26-22/h1-5,8-9,11,13,16,20,26H,6-7,10,12,14-15,17H2,(H,25,28)/t20-/m0/s1.